The molecule has 0 saturated heterocycles. The molecule has 0 atom stereocenters. The minimum absolute atomic E-state index is 0.560. The van der Waals surface area contributed by atoms with Crippen LogP contribution in [0.4, 0.5) is 5.82 Å². The first-order valence-electron chi connectivity index (χ1n) is 7.29. The molecule has 106 valence electrons. The van der Waals surface area contributed by atoms with Crippen LogP contribution in [0.25, 0.3) is 0 Å². The van der Waals surface area contributed by atoms with Crippen LogP contribution < -0.4 is 10.1 Å². The quantitative estimate of drug-likeness (QED) is 0.922. The third-order valence-electron chi connectivity index (χ3n) is 3.56. The van der Waals surface area contributed by atoms with Crippen LogP contribution in [0.3, 0.4) is 0 Å². The predicted molar refractivity (Wildman–Crippen MR) is 83.7 cm³/mol. The highest BCUT2D eigenvalue weighted by Crippen LogP contribution is 2.28. The molecule has 1 N–H and O–H groups in total. The summed E-state index contributed by atoms with van der Waals surface area (Å²) in [6.07, 6.45) is 4.69. The second-order valence-electron chi connectivity index (χ2n) is 5.05. The number of aryl methyl sites for hydroxylation is 2. The number of hydrogen-bond acceptors (Lipinski definition) is 4. The van der Waals surface area contributed by atoms with Crippen LogP contribution in [0.15, 0.2) is 24.3 Å². The third kappa shape index (κ3) is 3.12. The van der Waals surface area contributed by atoms with Gasteiger partial charge in [-0.25, -0.2) is 4.98 Å². The highest BCUT2D eigenvalue weighted by Gasteiger charge is 2.13. The smallest absolute Gasteiger partial charge is 0.140 e. The number of benzene rings is 1. The first kappa shape index (κ1) is 13.4. The average Bonchev–Trinajstić information content (AvgIpc) is 2.75. The number of fused-ring (bicyclic) bond motifs is 1. The molecule has 0 radical (unpaired) electrons. The van der Waals surface area contributed by atoms with Crippen LogP contribution in [0.2, 0.25) is 0 Å². The Morgan fingerprint density at radius 1 is 1.25 bits per heavy atom. The topological polar surface area (TPSA) is 34.1 Å². The fourth-order valence-electron chi connectivity index (χ4n) is 2.35. The second kappa shape index (κ2) is 6.27. The molecule has 1 aromatic carbocycles. The van der Waals surface area contributed by atoms with Crippen molar-refractivity contribution in [2.45, 2.75) is 39.2 Å². The molecule has 0 unspecified atom stereocenters. The highest BCUT2D eigenvalue weighted by molar-refractivity contribution is 7.12. The van der Waals surface area contributed by atoms with Crippen LogP contribution in [-0.2, 0) is 19.4 Å². The Labute approximate surface area is 124 Å². The molecule has 1 aliphatic rings. The van der Waals surface area contributed by atoms with Crippen molar-refractivity contribution in [3.63, 3.8) is 0 Å². The fraction of sp³-hybridized carbons (Fsp3) is 0.438. The minimum Gasteiger partial charge on any atom is -0.486 e. The van der Waals surface area contributed by atoms with Gasteiger partial charge in [-0.2, -0.15) is 0 Å². The summed E-state index contributed by atoms with van der Waals surface area (Å²) in [6.45, 7) is 3.76. The SMILES string of the molecule is CCc1ccc(OCc2nc3c(s2)CCCCN3)cc1. The maximum atomic E-state index is 5.82. The van der Waals surface area contributed by atoms with Gasteiger partial charge in [-0.3, -0.25) is 0 Å². The summed E-state index contributed by atoms with van der Waals surface area (Å²) in [5, 5.41) is 4.46. The lowest BCUT2D eigenvalue weighted by Gasteiger charge is -2.04. The second-order valence-corrected chi connectivity index (χ2v) is 6.22. The maximum absolute atomic E-state index is 5.82. The van der Waals surface area contributed by atoms with Gasteiger partial charge in [0.05, 0.1) is 0 Å². The number of anilines is 1. The average molecular weight is 288 g/mol. The van der Waals surface area contributed by atoms with E-state index in [9.17, 15) is 0 Å². The van der Waals surface area contributed by atoms with Crippen molar-refractivity contribution in [1.82, 2.24) is 4.98 Å². The molecule has 4 heteroatoms. The molecule has 0 amide bonds. The Hall–Kier alpha value is -1.55. The van der Waals surface area contributed by atoms with E-state index in [4.69, 9.17) is 4.74 Å². The van der Waals surface area contributed by atoms with E-state index in [0.29, 0.717) is 6.61 Å². The summed E-state index contributed by atoms with van der Waals surface area (Å²) in [4.78, 5) is 6.02. The van der Waals surface area contributed by atoms with Crippen molar-refractivity contribution in [2.24, 2.45) is 0 Å². The van der Waals surface area contributed by atoms with Gasteiger partial charge >= 0.3 is 0 Å². The number of ether oxygens (including phenoxy) is 1. The molecular weight excluding hydrogens is 268 g/mol. The van der Waals surface area contributed by atoms with Gasteiger partial charge in [0.25, 0.3) is 0 Å². The summed E-state index contributed by atoms with van der Waals surface area (Å²) in [6, 6.07) is 8.31. The van der Waals surface area contributed by atoms with E-state index in [1.807, 2.05) is 12.1 Å². The minimum atomic E-state index is 0.560. The van der Waals surface area contributed by atoms with Crippen molar-refractivity contribution in [2.75, 3.05) is 11.9 Å². The summed E-state index contributed by atoms with van der Waals surface area (Å²) in [5.41, 5.74) is 1.34. The standard InChI is InChI=1S/C16H20N2OS/c1-2-12-6-8-13(9-7-12)19-11-15-18-16-14(20-15)5-3-4-10-17-16/h6-9,17H,2-5,10-11H2,1H3. The van der Waals surface area contributed by atoms with Gasteiger partial charge in [0.15, 0.2) is 0 Å². The Morgan fingerprint density at radius 2 is 2.10 bits per heavy atom. The normalized spacial score (nSPS) is 14.2. The Morgan fingerprint density at radius 3 is 2.90 bits per heavy atom. The zero-order valence-corrected chi connectivity index (χ0v) is 12.6. The van der Waals surface area contributed by atoms with E-state index in [1.165, 1.54) is 23.3 Å². The van der Waals surface area contributed by atoms with Crippen LogP contribution >= 0.6 is 11.3 Å². The molecule has 3 rings (SSSR count). The molecular formula is C16H20N2OS. The third-order valence-corrected chi connectivity index (χ3v) is 4.65. The van der Waals surface area contributed by atoms with Crippen molar-refractivity contribution in [3.8, 4) is 5.75 Å². The zero-order valence-electron chi connectivity index (χ0n) is 11.8. The molecule has 3 nitrogen and oxygen atoms in total. The number of hydrogen-bond donors (Lipinski definition) is 1. The van der Waals surface area contributed by atoms with Gasteiger partial charge in [-0.1, -0.05) is 19.1 Å². The Kier molecular flexibility index (Phi) is 4.21. The lowest BCUT2D eigenvalue weighted by Crippen LogP contribution is -2.00. The molecule has 0 aliphatic carbocycles. The maximum Gasteiger partial charge on any atom is 0.140 e. The molecule has 1 aliphatic heterocycles. The molecule has 0 spiro atoms. The van der Waals surface area contributed by atoms with Crippen molar-refractivity contribution < 1.29 is 4.74 Å². The van der Waals surface area contributed by atoms with Gasteiger partial charge in [0.2, 0.25) is 0 Å². The van der Waals surface area contributed by atoms with Gasteiger partial charge in [-0.05, 0) is 43.4 Å². The van der Waals surface area contributed by atoms with E-state index >= 15 is 0 Å². The van der Waals surface area contributed by atoms with Gasteiger partial charge < -0.3 is 10.1 Å². The van der Waals surface area contributed by atoms with Crippen LogP contribution in [-0.4, -0.2) is 11.5 Å². The number of nitrogens with zero attached hydrogens (tertiary/aromatic N) is 1. The van der Waals surface area contributed by atoms with E-state index in [1.54, 1.807) is 11.3 Å². The number of nitrogens with one attached hydrogen (secondary N) is 1. The molecule has 20 heavy (non-hydrogen) atoms. The summed E-state index contributed by atoms with van der Waals surface area (Å²) in [5.74, 6) is 1.99. The molecule has 0 bridgehead atoms. The number of thiazole rings is 1. The molecule has 0 fully saturated rings. The van der Waals surface area contributed by atoms with Gasteiger partial charge in [-0.15, -0.1) is 11.3 Å². The monoisotopic (exact) mass is 288 g/mol. The molecule has 2 heterocycles. The van der Waals surface area contributed by atoms with E-state index in [-0.39, 0.29) is 0 Å². The van der Waals surface area contributed by atoms with Crippen LogP contribution in [0.5, 0.6) is 5.75 Å². The zero-order chi connectivity index (χ0) is 13.8. The predicted octanol–water partition coefficient (Wildman–Crippen LogP) is 4.03. The largest absolute Gasteiger partial charge is 0.486 e. The molecule has 2 aromatic rings. The fourth-order valence-corrected chi connectivity index (χ4v) is 3.35. The molecule has 0 saturated carbocycles. The van der Waals surface area contributed by atoms with E-state index in [0.717, 1.165) is 36.0 Å². The van der Waals surface area contributed by atoms with Crippen LogP contribution in [0.1, 0.15) is 35.2 Å². The first-order valence-corrected chi connectivity index (χ1v) is 8.11. The van der Waals surface area contributed by atoms with E-state index in [2.05, 4.69) is 29.4 Å². The summed E-state index contributed by atoms with van der Waals surface area (Å²) >= 11 is 1.78. The first-order chi connectivity index (χ1) is 9.85. The number of aromatic nitrogens is 1. The lowest BCUT2D eigenvalue weighted by atomic mass is 10.2. The Bertz CT molecular complexity index is 539. The van der Waals surface area contributed by atoms with Gasteiger partial charge in [0, 0.05) is 11.4 Å². The lowest BCUT2D eigenvalue weighted by molar-refractivity contribution is 0.305. The van der Waals surface area contributed by atoms with Crippen molar-refractivity contribution in [1.29, 1.82) is 0 Å². The summed E-state index contributed by atoms with van der Waals surface area (Å²) in [7, 11) is 0. The van der Waals surface area contributed by atoms with Crippen molar-refractivity contribution in [3.05, 3.63) is 39.7 Å². The molecule has 1 aromatic heterocycles. The highest BCUT2D eigenvalue weighted by atomic mass is 32.1. The van der Waals surface area contributed by atoms with Crippen LogP contribution in [0, 0.1) is 0 Å². The number of rotatable bonds is 4. The van der Waals surface area contributed by atoms with Crippen molar-refractivity contribution >= 4 is 17.2 Å². The summed E-state index contributed by atoms with van der Waals surface area (Å²) < 4.78 is 5.82. The van der Waals surface area contributed by atoms with E-state index < -0.39 is 0 Å². The van der Waals surface area contributed by atoms with Gasteiger partial charge in [0.1, 0.15) is 23.2 Å². The Balaban J connectivity index is 1.63.